The number of aromatic nitrogens is 3. The molecule has 18 heavy (non-hydrogen) atoms. The van der Waals surface area contributed by atoms with Gasteiger partial charge in [0, 0.05) is 10.9 Å². The molecule has 6 heteroatoms. The summed E-state index contributed by atoms with van der Waals surface area (Å²) in [6.45, 7) is 2.02. The van der Waals surface area contributed by atoms with Crippen molar-refractivity contribution in [1.82, 2.24) is 15.2 Å². The SMILES string of the molecule is Cc1ccc2[nH]c(C(=O)Nc3nncs3)cc2c1. The van der Waals surface area contributed by atoms with Crippen LogP contribution in [-0.4, -0.2) is 21.1 Å². The third-order valence-electron chi connectivity index (χ3n) is 2.60. The van der Waals surface area contributed by atoms with Gasteiger partial charge in [-0.15, -0.1) is 10.2 Å². The second-order valence-electron chi connectivity index (χ2n) is 3.97. The number of carbonyl (C=O) groups is 1. The highest BCUT2D eigenvalue weighted by atomic mass is 32.1. The van der Waals surface area contributed by atoms with Gasteiger partial charge in [-0.3, -0.25) is 10.1 Å². The van der Waals surface area contributed by atoms with Crippen LogP contribution in [-0.2, 0) is 0 Å². The number of aryl methyl sites for hydroxylation is 1. The first kappa shape index (κ1) is 10.9. The number of anilines is 1. The molecule has 0 aliphatic heterocycles. The number of rotatable bonds is 2. The standard InChI is InChI=1S/C12H10N4OS/c1-7-2-3-9-8(4-7)5-10(14-9)11(17)15-12-16-13-6-18-12/h2-6,14H,1H3,(H,15,16,17). The Hall–Kier alpha value is -2.21. The number of nitrogens with one attached hydrogen (secondary N) is 2. The Labute approximate surface area is 107 Å². The average Bonchev–Trinajstić information content (AvgIpc) is 2.96. The summed E-state index contributed by atoms with van der Waals surface area (Å²) in [5.74, 6) is -0.208. The second kappa shape index (κ2) is 4.23. The number of hydrogen-bond donors (Lipinski definition) is 2. The van der Waals surface area contributed by atoms with Gasteiger partial charge in [-0.1, -0.05) is 23.0 Å². The molecule has 3 aromatic rings. The number of aromatic amines is 1. The smallest absolute Gasteiger partial charge is 0.273 e. The minimum Gasteiger partial charge on any atom is -0.351 e. The molecule has 0 atom stereocenters. The molecule has 0 radical (unpaired) electrons. The molecule has 0 aliphatic rings. The molecule has 2 N–H and O–H groups in total. The largest absolute Gasteiger partial charge is 0.351 e. The number of carbonyl (C=O) groups excluding carboxylic acids is 1. The van der Waals surface area contributed by atoms with Crippen LogP contribution in [0.25, 0.3) is 10.9 Å². The summed E-state index contributed by atoms with van der Waals surface area (Å²) < 4.78 is 0. The van der Waals surface area contributed by atoms with E-state index < -0.39 is 0 Å². The lowest BCUT2D eigenvalue weighted by molar-refractivity contribution is 0.102. The van der Waals surface area contributed by atoms with Crippen molar-refractivity contribution in [2.45, 2.75) is 6.92 Å². The van der Waals surface area contributed by atoms with E-state index >= 15 is 0 Å². The summed E-state index contributed by atoms with van der Waals surface area (Å²) in [5, 5.41) is 11.6. The maximum Gasteiger partial charge on any atom is 0.273 e. The van der Waals surface area contributed by atoms with Gasteiger partial charge in [0.2, 0.25) is 5.13 Å². The number of fused-ring (bicyclic) bond motifs is 1. The van der Waals surface area contributed by atoms with Gasteiger partial charge in [0.15, 0.2) is 0 Å². The molecule has 0 spiro atoms. The van der Waals surface area contributed by atoms with E-state index in [-0.39, 0.29) is 5.91 Å². The molecule has 1 amide bonds. The zero-order valence-corrected chi connectivity index (χ0v) is 10.4. The minimum atomic E-state index is -0.208. The quantitative estimate of drug-likeness (QED) is 0.742. The lowest BCUT2D eigenvalue weighted by Crippen LogP contribution is -2.11. The maximum atomic E-state index is 12.0. The van der Waals surface area contributed by atoms with Crippen molar-refractivity contribution >= 4 is 33.3 Å². The van der Waals surface area contributed by atoms with Gasteiger partial charge < -0.3 is 4.98 Å². The zero-order valence-electron chi connectivity index (χ0n) is 9.60. The Balaban J connectivity index is 1.92. The molecule has 0 saturated carbocycles. The summed E-state index contributed by atoms with van der Waals surface area (Å²) in [6.07, 6.45) is 0. The minimum absolute atomic E-state index is 0.208. The highest BCUT2D eigenvalue weighted by Crippen LogP contribution is 2.18. The second-order valence-corrected chi connectivity index (χ2v) is 4.80. The fourth-order valence-corrected chi connectivity index (χ4v) is 2.21. The van der Waals surface area contributed by atoms with Crippen LogP contribution < -0.4 is 5.32 Å². The number of H-pyrrole nitrogens is 1. The van der Waals surface area contributed by atoms with Gasteiger partial charge in [-0.05, 0) is 25.1 Å². The Kier molecular flexibility index (Phi) is 2.56. The summed E-state index contributed by atoms with van der Waals surface area (Å²) in [4.78, 5) is 15.0. The van der Waals surface area contributed by atoms with Crippen molar-refractivity contribution in [3.63, 3.8) is 0 Å². The molecule has 1 aromatic carbocycles. The summed E-state index contributed by atoms with van der Waals surface area (Å²) >= 11 is 1.29. The third kappa shape index (κ3) is 1.98. The first-order valence-electron chi connectivity index (χ1n) is 5.39. The Bertz CT molecular complexity index is 702. The van der Waals surface area contributed by atoms with Gasteiger partial charge in [-0.2, -0.15) is 0 Å². The van der Waals surface area contributed by atoms with Gasteiger partial charge in [0.1, 0.15) is 11.2 Å². The van der Waals surface area contributed by atoms with Gasteiger partial charge in [0.05, 0.1) is 0 Å². The van der Waals surface area contributed by atoms with E-state index in [1.807, 2.05) is 31.2 Å². The summed E-state index contributed by atoms with van der Waals surface area (Å²) in [7, 11) is 0. The normalized spacial score (nSPS) is 10.7. The van der Waals surface area contributed by atoms with Crippen LogP contribution in [0.3, 0.4) is 0 Å². The first-order valence-corrected chi connectivity index (χ1v) is 6.27. The molecule has 0 unspecified atom stereocenters. The molecule has 3 rings (SSSR count). The lowest BCUT2D eigenvalue weighted by atomic mass is 10.2. The van der Waals surface area contributed by atoms with Crippen LogP contribution in [0.5, 0.6) is 0 Å². The summed E-state index contributed by atoms with van der Waals surface area (Å²) in [6, 6.07) is 7.84. The van der Waals surface area contributed by atoms with E-state index in [9.17, 15) is 4.79 Å². The monoisotopic (exact) mass is 258 g/mol. The van der Waals surface area contributed by atoms with E-state index in [2.05, 4.69) is 20.5 Å². The van der Waals surface area contributed by atoms with Crippen LogP contribution in [0.4, 0.5) is 5.13 Å². The number of hydrogen-bond acceptors (Lipinski definition) is 4. The molecule has 0 fully saturated rings. The van der Waals surface area contributed by atoms with Crippen molar-refractivity contribution in [2.24, 2.45) is 0 Å². The van der Waals surface area contributed by atoms with Crippen LogP contribution in [0.2, 0.25) is 0 Å². The van der Waals surface area contributed by atoms with Crippen molar-refractivity contribution in [1.29, 1.82) is 0 Å². The molecule has 2 heterocycles. The molecule has 5 nitrogen and oxygen atoms in total. The number of nitrogens with zero attached hydrogens (tertiary/aromatic N) is 2. The average molecular weight is 258 g/mol. The zero-order chi connectivity index (χ0) is 12.5. The van der Waals surface area contributed by atoms with Gasteiger partial charge in [-0.25, -0.2) is 0 Å². The van der Waals surface area contributed by atoms with Crippen molar-refractivity contribution in [3.05, 3.63) is 41.0 Å². The Morgan fingerprint density at radius 1 is 1.39 bits per heavy atom. The first-order chi connectivity index (χ1) is 8.72. The van der Waals surface area contributed by atoms with E-state index in [1.165, 1.54) is 11.3 Å². The fraction of sp³-hybridized carbons (Fsp3) is 0.0833. The highest BCUT2D eigenvalue weighted by Gasteiger charge is 2.11. The molecule has 2 aromatic heterocycles. The van der Waals surface area contributed by atoms with E-state index in [1.54, 1.807) is 5.51 Å². The number of amides is 1. The molecular weight excluding hydrogens is 248 g/mol. The topological polar surface area (TPSA) is 70.7 Å². The molecule has 0 saturated heterocycles. The van der Waals surface area contributed by atoms with E-state index in [0.29, 0.717) is 10.8 Å². The third-order valence-corrected chi connectivity index (χ3v) is 3.21. The van der Waals surface area contributed by atoms with Gasteiger partial charge in [0.25, 0.3) is 5.91 Å². The van der Waals surface area contributed by atoms with Gasteiger partial charge >= 0.3 is 0 Å². The summed E-state index contributed by atoms with van der Waals surface area (Å²) in [5.41, 5.74) is 4.20. The van der Waals surface area contributed by atoms with Crippen molar-refractivity contribution < 1.29 is 4.79 Å². The predicted molar refractivity (Wildman–Crippen MR) is 70.9 cm³/mol. The molecule has 0 bridgehead atoms. The maximum absolute atomic E-state index is 12.0. The van der Waals surface area contributed by atoms with Crippen LogP contribution >= 0.6 is 11.3 Å². The highest BCUT2D eigenvalue weighted by molar-refractivity contribution is 7.13. The van der Waals surface area contributed by atoms with Crippen LogP contribution in [0.1, 0.15) is 16.1 Å². The molecule has 0 aliphatic carbocycles. The molecule has 90 valence electrons. The van der Waals surface area contributed by atoms with E-state index in [0.717, 1.165) is 16.5 Å². The fourth-order valence-electron chi connectivity index (χ4n) is 1.77. The number of benzene rings is 1. The molecular formula is C12H10N4OS. The lowest BCUT2D eigenvalue weighted by Gasteiger charge is -1.96. The predicted octanol–water partition coefficient (Wildman–Crippen LogP) is 2.58. The van der Waals surface area contributed by atoms with E-state index in [4.69, 9.17) is 0 Å². The Morgan fingerprint density at radius 3 is 3.06 bits per heavy atom. The van der Waals surface area contributed by atoms with Crippen LogP contribution in [0.15, 0.2) is 29.8 Å². The van der Waals surface area contributed by atoms with Crippen molar-refractivity contribution in [3.8, 4) is 0 Å². The Morgan fingerprint density at radius 2 is 2.28 bits per heavy atom. The van der Waals surface area contributed by atoms with Crippen LogP contribution in [0, 0.1) is 6.92 Å². The van der Waals surface area contributed by atoms with Crippen molar-refractivity contribution in [2.75, 3.05) is 5.32 Å².